The van der Waals surface area contributed by atoms with E-state index in [1.165, 1.54) is 11.8 Å². The molecule has 1 amide bonds. The Balaban J connectivity index is 1.58. The van der Waals surface area contributed by atoms with Crippen molar-refractivity contribution in [3.8, 4) is 11.4 Å². The van der Waals surface area contributed by atoms with Crippen LogP contribution >= 0.6 is 39.3 Å². The fourth-order valence-corrected chi connectivity index (χ4v) is 3.45. The van der Waals surface area contributed by atoms with E-state index in [1.807, 2.05) is 54.9 Å². The van der Waals surface area contributed by atoms with Crippen LogP contribution in [0.15, 0.2) is 63.3 Å². The van der Waals surface area contributed by atoms with E-state index >= 15 is 0 Å². The number of rotatable bonds is 6. The minimum absolute atomic E-state index is 0.184. The number of thioether (sulfide) groups is 1. The molecule has 0 atom stereocenters. The Hall–Kier alpha value is -2.16. The van der Waals surface area contributed by atoms with Gasteiger partial charge in [-0.25, -0.2) is 5.43 Å². The number of halogens is 2. The smallest absolute Gasteiger partial charge is 0.250 e. The molecule has 3 aromatic rings. The monoisotopic (exact) mass is 477 g/mol. The molecule has 28 heavy (non-hydrogen) atoms. The Bertz CT molecular complexity index is 1000. The lowest BCUT2D eigenvalue weighted by Crippen LogP contribution is -2.21. The summed E-state index contributed by atoms with van der Waals surface area (Å²) in [5.74, 6) is 0.685. The van der Waals surface area contributed by atoms with Gasteiger partial charge in [-0.2, -0.15) is 5.10 Å². The van der Waals surface area contributed by atoms with Crippen LogP contribution in [0.25, 0.3) is 11.4 Å². The van der Waals surface area contributed by atoms with Gasteiger partial charge in [-0.05, 0) is 48.9 Å². The molecule has 3 rings (SSSR count). The molecule has 1 heterocycles. The van der Waals surface area contributed by atoms with Gasteiger partial charge in [-0.3, -0.25) is 4.79 Å². The number of amides is 1. The lowest BCUT2D eigenvalue weighted by Gasteiger charge is -2.05. The average molecular weight is 479 g/mol. The Kier molecular flexibility index (Phi) is 6.88. The van der Waals surface area contributed by atoms with Crippen molar-refractivity contribution in [3.63, 3.8) is 0 Å². The zero-order chi connectivity index (χ0) is 20.1. The predicted molar refractivity (Wildman–Crippen MR) is 117 cm³/mol. The minimum atomic E-state index is -0.211. The van der Waals surface area contributed by atoms with E-state index in [9.17, 15) is 4.79 Å². The normalized spacial score (nSPS) is 11.5. The van der Waals surface area contributed by atoms with Crippen molar-refractivity contribution >= 4 is 50.9 Å². The van der Waals surface area contributed by atoms with Crippen molar-refractivity contribution in [1.82, 2.24) is 20.2 Å². The van der Waals surface area contributed by atoms with Crippen LogP contribution in [0.4, 0.5) is 0 Å². The lowest BCUT2D eigenvalue weighted by molar-refractivity contribution is -0.118. The molecule has 6 nitrogen and oxygen atoms in total. The second-order valence-corrected chi connectivity index (χ2v) is 8.19. The van der Waals surface area contributed by atoms with Gasteiger partial charge in [0.25, 0.3) is 5.91 Å². The highest BCUT2D eigenvalue weighted by molar-refractivity contribution is 9.10. The summed E-state index contributed by atoms with van der Waals surface area (Å²) in [6, 6.07) is 15.1. The molecule has 0 aliphatic carbocycles. The predicted octanol–water partition coefficient (Wildman–Crippen LogP) is 4.53. The van der Waals surface area contributed by atoms with Gasteiger partial charge < -0.3 is 4.57 Å². The van der Waals surface area contributed by atoms with Crippen molar-refractivity contribution < 1.29 is 4.79 Å². The third-order valence-electron chi connectivity index (χ3n) is 3.88. The number of hydrogen-bond acceptors (Lipinski definition) is 5. The summed E-state index contributed by atoms with van der Waals surface area (Å²) in [6.07, 6.45) is 0. The zero-order valence-corrected chi connectivity index (χ0v) is 18.3. The van der Waals surface area contributed by atoms with E-state index < -0.39 is 0 Å². The molecule has 0 radical (unpaired) electrons. The highest BCUT2D eigenvalue weighted by atomic mass is 79.9. The largest absolute Gasteiger partial charge is 0.305 e. The van der Waals surface area contributed by atoms with Crippen LogP contribution in [-0.2, 0) is 11.8 Å². The summed E-state index contributed by atoms with van der Waals surface area (Å²) in [4.78, 5) is 12.1. The zero-order valence-electron chi connectivity index (χ0n) is 15.2. The number of nitrogens with one attached hydrogen (secondary N) is 1. The van der Waals surface area contributed by atoms with Crippen LogP contribution in [0, 0.1) is 0 Å². The standard InChI is InChI=1S/C19H17BrClN5OS/c1-12(13-3-7-15(20)8-4-13)22-23-17(27)11-28-19-25-24-18(26(19)2)14-5-9-16(21)10-6-14/h3-10H,11H2,1-2H3,(H,23,27)/b22-12-. The fraction of sp³-hybridized carbons (Fsp3) is 0.158. The summed E-state index contributed by atoms with van der Waals surface area (Å²) in [6.45, 7) is 1.84. The molecule has 0 saturated carbocycles. The maximum Gasteiger partial charge on any atom is 0.250 e. The molecule has 2 aromatic carbocycles. The molecule has 1 N–H and O–H groups in total. The SMILES string of the molecule is C/C(=N/NC(=O)CSc1nnc(-c2ccc(Cl)cc2)n1C)c1ccc(Br)cc1. The molecule has 0 saturated heterocycles. The number of carbonyl (C=O) groups excluding carboxylic acids is 1. The summed E-state index contributed by atoms with van der Waals surface area (Å²) >= 11 is 10.6. The number of hydrazone groups is 1. The summed E-state index contributed by atoms with van der Waals surface area (Å²) in [5, 5.41) is 13.8. The summed E-state index contributed by atoms with van der Waals surface area (Å²) in [7, 11) is 1.86. The Labute approximate surface area is 180 Å². The van der Waals surface area contributed by atoms with Gasteiger partial charge >= 0.3 is 0 Å². The van der Waals surface area contributed by atoms with E-state index in [4.69, 9.17) is 11.6 Å². The quantitative estimate of drug-likeness (QED) is 0.321. The number of aromatic nitrogens is 3. The molecule has 0 unspecified atom stereocenters. The second kappa shape index (κ2) is 9.36. The Morgan fingerprint density at radius 1 is 1.18 bits per heavy atom. The molecule has 9 heteroatoms. The number of hydrogen-bond donors (Lipinski definition) is 1. The third kappa shape index (κ3) is 5.21. The van der Waals surface area contributed by atoms with Gasteiger partial charge in [0.2, 0.25) is 0 Å². The van der Waals surface area contributed by atoms with Gasteiger partial charge in [0.1, 0.15) is 0 Å². The van der Waals surface area contributed by atoms with Gasteiger partial charge in [0, 0.05) is 22.1 Å². The third-order valence-corrected chi connectivity index (χ3v) is 5.68. The van der Waals surface area contributed by atoms with E-state index in [-0.39, 0.29) is 11.7 Å². The van der Waals surface area contributed by atoms with Crippen LogP contribution in [0.5, 0.6) is 0 Å². The van der Waals surface area contributed by atoms with Crippen molar-refractivity contribution in [2.24, 2.45) is 12.1 Å². The van der Waals surface area contributed by atoms with Crippen molar-refractivity contribution in [2.45, 2.75) is 12.1 Å². The first-order valence-electron chi connectivity index (χ1n) is 8.31. The van der Waals surface area contributed by atoms with Gasteiger partial charge in [0.15, 0.2) is 11.0 Å². The number of benzene rings is 2. The fourth-order valence-electron chi connectivity index (χ4n) is 2.36. The molecule has 1 aromatic heterocycles. The number of nitrogens with zero attached hydrogens (tertiary/aromatic N) is 4. The molecule has 0 spiro atoms. The highest BCUT2D eigenvalue weighted by Crippen LogP contribution is 2.23. The van der Waals surface area contributed by atoms with Gasteiger partial charge in [-0.15, -0.1) is 10.2 Å². The van der Waals surface area contributed by atoms with Crippen LogP contribution in [-0.4, -0.2) is 32.1 Å². The summed E-state index contributed by atoms with van der Waals surface area (Å²) in [5.41, 5.74) is 5.15. The minimum Gasteiger partial charge on any atom is -0.305 e. The lowest BCUT2D eigenvalue weighted by atomic mass is 10.1. The second-order valence-electron chi connectivity index (χ2n) is 5.90. The first-order valence-corrected chi connectivity index (χ1v) is 10.5. The molecule has 0 bridgehead atoms. The number of carbonyl (C=O) groups is 1. The topological polar surface area (TPSA) is 72.2 Å². The highest BCUT2D eigenvalue weighted by Gasteiger charge is 2.13. The maximum absolute atomic E-state index is 12.1. The van der Waals surface area contributed by atoms with Crippen LogP contribution < -0.4 is 5.43 Å². The van der Waals surface area contributed by atoms with E-state index in [2.05, 4.69) is 36.7 Å². The molecule has 0 aliphatic heterocycles. The molecular weight excluding hydrogens is 462 g/mol. The van der Waals surface area contributed by atoms with E-state index in [1.54, 1.807) is 12.1 Å². The Morgan fingerprint density at radius 3 is 2.54 bits per heavy atom. The van der Waals surface area contributed by atoms with Crippen molar-refractivity contribution in [3.05, 3.63) is 63.6 Å². The first-order chi connectivity index (χ1) is 13.4. The van der Waals surface area contributed by atoms with Gasteiger partial charge in [0.05, 0.1) is 11.5 Å². The van der Waals surface area contributed by atoms with Crippen molar-refractivity contribution in [1.29, 1.82) is 0 Å². The molecule has 144 valence electrons. The summed E-state index contributed by atoms with van der Waals surface area (Å²) < 4.78 is 2.84. The van der Waals surface area contributed by atoms with Crippen molar-refractivity contribution in [2.75, 3.05) is 5.75 Å². The van der Waals surface area contributed by atoms with E-state index in [0.29, 0.717) is 16.0 Å². The molecule has 0 aliphatic rings. The van der Waals surface area contributed by atoms with Crippen LogP contribution in [0.2, 0.25) is 5.02 Å². The first kappa shape index (κ1) is 20.6. The average Bonchev–Trinajstić information content (AvgIpc) is 3.06. The van der Waals surface area contributed by atoms with E-state index in [0.717, 1.165) is 21.3 Å². The van der Waals surface area contributed by atoms with Crippen LogP contribution in [0.3, 0.4) is 0 Å². The molecule has 0 fully saturated rings. The van der Waals surface area contributed by atoms with Crippen LogP contribution in [0.1, 0.15) is 12.5 Å². The molecular formula is C19H17BrClN5OS. The Morgan fingerprint density at radius 2 is 1.86 bits per heavy atom. The maximum atomic E-state index is 12.1. The van der Waals surface area contributed by atoms with Gasteiger partial charge in [-0.1, -0.05) is 51.4 Å².